The fourth-order valence-corrected chi connectivity index (χ4v) is 2.70. The standard InChI is InChI=1S/C8H6Br2ClNO/c1-4(13)12-8-6(9)2-5(11)3-7(8)10/h2-3H,1H3,(H,12,13). The third kappa shape index (κ3) is 2.97. The number of benzene rings is 1. The molecule has 1 aromatic carbocycles. The van der Waals surface area contributed by atoms with Gasteiger partial charge in [0.15, 0.2) is 0 Å². The van der Waals surface area contributed by atoms with Crippen LogP contribution in [0.3, 0.4) is 0 Å². The quantitative estimate of drug-likeness (QED) is 0.835. The van der Waals surface area contributed by atoms with Gasteiger partial charge in [0, 0.05) is 20.9 Å². The van der Waals surface area contributed by atoms with Crippen LogP contribution in [0.25, 0.3) is 0 Å². The van der Waals surface area contributed by atoms with Gasteiger partial charge in [-0.2, -0.15) is 0 Å². The lowest BCUT2D eigenvalue weighted by Gasteiger charge is -2.07. The third-order valence-electron chi connectivity index (χ3n) is 1.31. The molecular weight excluding hydrogens is 321 g/mol. The molecule has 0 aliphatic rings. The highest BCUT2D eigenvalue weighted by molar-refractivity contribution is 9.11. The van der Waals surface area contributed by atoms with Crippen molar-refractivity contribution in [3.8, 4) is 0 Å². The lowest BCUT2D eigenvalue weighted by Crippen LogP contribution is -2.06. The van der Waals surface area contributed by atoms with Crippen molar-refractivity contribution in [2.24, 2.45) is 0 Å². The van der Waals surface area contributed by atoms with Crippen LogP contribution in [-0.2, 0) is 4.79 Å². The highest BCUT2D eigenvalue weighted by Gasteiger charge is 2.07. The molecule has 5 heteroatoms. The Hall–Kier alpha value is -0.0600. The van der Waals surface area contributed by atoms with Crippen molar-refractivity contribution in [1.82, 2.24) is 0 Å². The van der Waals surface area contributed by atoms with Gasteiger partial charge in [0.25, 0.3) is 0 Å². The van der Waals surface area contributed by atoms with Crippen molar-refractivity contribution in [1.29, 1.82) is 0 Å². The largest absolute Gasteiger partial charge is 0.324 e. The molecule has 70 valence electrons. The first-order valence-corrected chi connectivity index (χ1v) is 5.39. The molecule has 0 atom stereocenters. The molecule has 0 fully saturated rings. The fraction of sp³-hybridized carbons (Fsp3) is 0.125. The van der Waals surface area contributed by atoms with Gasteiger partial charge in [-0.05, 0) is 44.0 Å². The van der Waals surface area contributed by atoms with Crippen molar-refractivity contribution in [3.05, 3.63) is 26.1 Å². The molecular formula is C8H6Br2ClNO. The zero-order chi connectivity index (χ0) is 10.0. The average molecular weight is 327 g/mol. The summed E-state index contributed by atoms with van der Waals surface area (Å²) in [6.07, 6.45) is 0. The summed E-state index contributed by atoms with van der Waals surface area (Å²) in [6, 6.07) is 3.44. The highest BCUT2D eigenvalue weighted by Crippen LogP contribution is 2.33. The van der Waals surface area contributed by atoms with E-state index in [0.717, 1.165) is 8.95 Å². The maximum Gasteiger partial charge on any atom is 0.221 e. The van der Waals surface area contributed by atoms with Crippen LogP contribution in [0.1, 0.15) is 6.92 Å². The Balaban J connectivity index is 3.13. The van der Waals surface area contributed by atoms with E-state index in [2.05, 4.69) is 37.2 Å². The molecule has 13 heavy (non-hydrogen) atoms. The molecule has 0 aliphatic carbocycles. The Bertz CT molecular complexity index is 331. The predicted molar refractivity (Wildman–Crippen MR) is 61.2 cm³/mol. The van der Waals surface area contributed by atoms with E-state index in [1.807, 2.05) is 0 Å². The van der Waals surface area contributed by atoms with Gasteiger partial charge in [-0.15, -0.1) is 0 Å². The molecule has 2 nitrogen and oxygen atoms in total. The third-order valence-corrected chi connectivity index (χ3v) is 2.78. The van der Waals surface area contributed by atoms with Gasteiger partial charge in [-0.25, -0.2) is 0 Å². The van der Waals surface area contributed by atoms with Crippen molar-refractivity contribution < 1.29 is 4.79 Å². The highest BCUT2D eigenvalue weighted by atomic mass is 79.9. The summed E-state index contributed by atoms with van der Waals surface area (Å²) >= 11 is 12.4. The molecule has 0 saturated carbocycles. The first-order chi connectivity index (χ1) is 6.00. The lowest BCUT2D eigenvalue weighted by atomic mass is 10.3. The van der Waals surface area contributed by atoms with Crippen LogP contribution in [-0.4, -0.2) is 5.91 Å². The van der Waals surface area contributed by atoms with Crippen LogP contribution in [0.5, 0.6) is 0 Å². The van der Waals surface area contributed by atoms with Crippen molar-refractivity contribution in [3.63, 3.8) is 0 Å². The van der Waals surface area contributed by atoms with Crippen LogP contribution in [0.4, 0.5) is 5.69 Å². The van der Waals surface area contributed by atoms with E-state index in [9.17, 15) is 4.79 Å². The summed E-state index contributed by atoms with van der Waals surface area (Å²) in [4.78, 5) is 10.8. The average Bonchev–Trinajstić information content (AvgIpc) is 1.96. The number of nitrogens with one attached hydrogen (secondary N) is 1. The van der Waals surface area contributed by atoms with Crippen molar-refractivity contribution in [2.75, 3.05) is 5.32 Å². The SMILES string of the molecule is CC(=O)Nc1c(Br)cc(Cl)cc1Br. The summed E-state index contributed by atoms with van der Waals surface area (Å²) in [5, 5.41) is 3.28. The minimum atomic E-state index is -0.122. The number of hydrogen-bond acceptors (Lipinski definition) is 1. The molecule has 0 unspecified atom stereocenters. The Morgan fingerprint density at radius 3 is 2.23 bits per heavy atom. The van der Waals surface area contributed by atoms with Crippen LogP contribution >= 0.6 is 43.5 Å². The molecule has 1 amide bonds. The van der Waals surface area contributed by atoms with Gasteiger partial charge >= 0.3 is 0 Å². The molecule has 0 saturated heterocycles. The second-order valence-electron chi connectivity index (χ2n) is 2.43. The van der Waals surface area contributed by atoms with Crippen LogP contribution in [0.15, 0.2) is 21.1 Å². The molecule has 0 aromatic heterocycles. The Morgan fingerprint density at radius 2 is 1.85 bits per heavy atom. The van der Waals surface area contributed by atoms with Crippen LogP contribution in [0.2, 0.25) is 5.02 Å². The number of hydrogen-bond donors (Lipinski definition) is 1. The predicted octanol–water partition coefficient (Wildman–Crippen LogP) is 3.82. The second kappa shape index (κ2) is 4.44. The zero-order valence-electron chi connectivity index (χ0n) is 6.70. The topological polar surface area (TPSA) is 29.1 Å². The molecule has 1 N–H and O–H groups in total. The van der Waals surface area contributed by atoms with Crippen LogP contribution in [0, 0.1) is 0 Å². The minimum absolute atomic E-state index is 0.122. The first-order valence-electron chi connectivity index (χ1n) is 3.43. The minimum Gasteiger partial charge on any atom is -0.324 e. The molecule has 0 bridgehead atoms. The number of rotatable bonds is 1. The summed E-state index contributed by atoms with van der Waals surface area (Å²) in [5.74, 6) is -0.122. The fourth-order valence-electron chi connectivity index (χ4n) is 0.838. The number of carbonyl (C=O) groups is 1. The van der Waals surface area contributed by atoms with Gasteiger partial charge in [-0.1, -0.05) is 11.6 Å². The Labute approximate surface area is 97.9 Å². The van der Waals surface area contributed by atoms with E-state index in [4.69, 9.17) is 11.6 Å². The summed E-state index contributed by atoms with van der Waals surface area (Å²) in [7, 11) is 0. The van der Waals surface area contributed by atoms with E-state index in [0.29, 0.717) is 10.7 Å². The summed E-state index contributed by atoms with van der Waals surface area (Å²) in [6.45, 7) is 1.45. The van der Waals surface area contributed by atoms with E-state index in [-0.39, 0.29) is 5.91 Å². The van der Waals surface area contributed by atoms with Crippen molar-refractivity contribution in [2.45, 2.75) is 6.92 Å². The maximum atomic E-state index is 10.8. The van der Waals surface area contributed by atoms with Gasteiger partial charge < -0.3 is 5.32 Å². The van der Waals surface area contributed by atoms with E-state index >= 15 is 0 Å². The molecule has 0 spiro atoms. The molecule has 0 heterocycles. The Kier molecular flexibility index (Phi) is 3.76. The first kappa shape index (κ1) is 11.0. The molecule has 0 radical (unpaired) electrons. The smallest absolute Gasteiger partial charge is 0.221 e. The zero-order valence-corrected chi connectivity index (χ0v) is 10.6. The van der Waals surface area contributed by atoms with Gasteiger partial charge in [0.05, 0.1) is 5.69 Å². The van der Waals surface area contributed by atoms with E-state index < -0.39 is 0 Å². The normalized spacial score (nSPS) is 9.85. The molecule has 1 aromatic rings. The molecule has 1 rings (SSSR count). The van der Waals surface area contributed by atoms with Crippen molar-refractivity contribution >= 4 is 55.1 Å². The van der Waals surface area contributed by atoms with Gasteiger partial charge in [0.2, 0.25) is 5.91 Å². The monoisotopic (exact) mass is 325 g/mol. The van der Waals surface area contributed by atoms with E-state index in [1.54, 1.807) is 12.1 Å². The number of carbonyl (C=O) groups excluding carboxylic acids is 1. The molecule has 0 aliphatic heterocycles. The number of halogens is 3. The van der Waals surface area contributed by atoms with Gasteiger partial charge in [0.1, 0.15) is 0 Å². The van der Waals surface area contributed by atoms with Crippen LogP contribution < -0.4 is 5.32 Å². The maximum absolute atomic E-state index is 10.8. The lowest BCUT2D eigenvalue weighted by molar-refractivity contribution is -0.114. The Morgan fingerprint density at radius 1 is 1.38 bits per heavy atom. The van der Waals surface area contributed by atoms with Gasteiger partial charge in [-0.3, -0.25) is 4.79 Å². The second-order valence-corrected chi connectivity index (χ2v) is 4.57. The van der Waals surface area contributed by atoms with E-state index in [1.165, 1.54) is 6.92 Å². The number of amides is 1. The summed E-state index contributed by atoms with van der Waals surface area (Å²) in [5.41, 5.74) is 0.692. The number of anilines is 1. The summed E-state index contributed by atoms with van der Waals surface area (Å²) < 4.78 is 1.50.